The Hall–Kier alpha value is -2.05. The first kappa shape index (κ1) is 19.3. The van der Waals surface area contributed by atoms with Crippen LogP contribution in [0.5, 0.6) is 0 Å². The first-order chi connectivity index (χ1) is 11.8. The number of carbonyl (C=O) groups is 1. The lowest BCUT2D eigenvalue weighted by molar-refractivity contribution is 0.0773. The van der Waals surface area contributed by atoms with Crippen molar-refractivity contribution in [3.8, 4) is 0 Å². The minimum atomic E-state index is -3.82. The van der Waals surface area contributed by atoms with Crippen LogP contribution in [-0.4, -0.2) is 32.3 Å². The SMILES string of the molecule is CCN(CC)C(=O)c1cc(S(=O)(=O)Nc2cccc(C)c2)ccc1Cl. The molecular formula is C18H21ClN2O3S. The summed E-state index contributed by atoms with van der Waals surface area (Å²) < 4.78 is 27.8. The monoisotopic (exact) mass is 380 g/mol. The van der Waals surface area contributed by atoms with E-state index in [1.165, 1.54) is 18.2 Å². The number of nitrogens with one attached hydrogen (secondary N) is 1. The van der Waals surface area contributed by atoms with Crippen LogP contribution in [0.2, 0.25) is 5.02 Å². The molecule has 0 spiro atoms. The third-order valence-corrected chi connectivity index (χ3v) is 5.51. The summed E-state index contributed by atoms with van der Waals surface area (Å²) in [7, 11) is -3.82. The number of hydrogen-bond acceptors (Lipinski definition) is 3. The Bertz CT molecular complexity index is 878. The summed E-state index contributed by atoms with van der Waals surface area (Å²) in [4.78, 5) is 14.1. The smallest absolute Gasteiger partial charge is 0.261 e. The zero-order valence-electron chi connectivity index (χ0n) is 14.4. The third-order valence-electron chi connectivity index (χ3n) is 3.80. The van der Waals surface area contributed by atoms with Gasteiger partial charge in [0.25, 0.3) is 15.9 Å². The number of hydrogen-bond donors (Lipinski definition) is 1. The molecule has 0 aliphatic rings. The normalized spacial score (nSPS) is 11.2. The molecule has 0 saturated heterocycles. The fourth-order valence-corrected chi connectivity index (χ4v) is 3.71. The molecule has 0 aliphatic heterocycles. The Labute approximate surface area is 153 Å². The molecule has 0 aromatic heterocycles. The van der Waals surface area contributed by atoms with Crippen LogP contribution in [0.15, 0.2) is 47.4 Å². The molecule has 25 heavy (non-hydrogen) atoms. The van der Waals surface area contributed by atoms with Crippen molar-refractivity contribution in [2.45, 2.75) is 25.7 Å². The van der Waals surface area contributed by atoms with Crippen molar-refractivity contribution in [2.24, 2.45) is 0 Å². The second-order valence-corrected chi connectivity index (χ2v) is 7.68. The van der Waals surface area contributed by atoms with Gasteiger partial charge in [-0.05, 0) is 56.7 Å². The first-order valence-electron chi connectivity index (χ1n) is 7.96. The van der Waals surface area contributed by atoms with Crippen molar-refractivity contribution in [3.63, 3.8) is 0 Å². The van der Waals surface area contributed by atoms with E-state index >= 15 is 0 Å². The van der Waals surface area contributed by atoms with Crippen molar-refractivity contribution in [2.75, 3.05) is 17.8 Å². The van der Waals surface area contributed by atoms with Gasteiger partial charge in [0.2, 0.25) is 0 Å². The average molecular weight is 381 g/mol. The summed E-state index contributed by atoms with van der Waals surface area (Å²) in [6.45, 7) is 6.62. The largest absolute Gasteiger partial charge is 0.339 e. The predicted octanol–water partition coefficient (Wildman–Crippen LogP) is 3.93. The number of halogens is 1. The molecule has 0 aliphatic carbocycles. The molecule has 134 valence electrons. The highest BCUT2D eigenvalue weighted by Crippen LogP contribution is 2.24. The zero-order chi connectivity index (χ0) is 18.6. The Morgan fingerprint density at radius 3 is 2.40 bits per heavy atom. The standard InChI is InChI=1S/C18H21ClN2O3S/c1-4-21(5-2)18(22)16-12-15(9-10-17(16)19)25(23,24)20-14-8-6-7-13(3)11-14/h6-12,20H,4-5H2,1-3H3. The molecule has 1 N–H and O–H groups in total. The van der Waals surface area contributed by atoms with Crippen LogP contribution in [-0.2, 0) is 10.0 Å². The van der Waals surface area contributed by atoms with Crippen LogP contribution in [0, 0.1) is 6.92 Å². The van der Waals surface area contributed by atoms with Gasteiger partial charge in [0.05, 0.1) is 15.5 Å². The fraction of sp³-hybridized carbons (Fsp3) is 0.278. The zero-order valence-corrected chi connectivity index (χ0v) is 16.0. The molecule has 0 fully saturated rings. The fourth-order valence-electron chi connectivity index (χ4n) is 2.44. The lowest BCUT2D eigenvalue weighted by Gasteiger charge is -2.19. The number of rotatable bonds is 6. The van der Waals surface area contributed by atoms with Gasteiger partial charge in [0.1, 0.15) is 0 Å². The lowest BCUT2D eigenvalue weighted by Crippen LogP contribution is -2.30. The molecule has 0 unspecified atom stereocenters. The van der Waals surface area contributed by atoms with Crippen molar-refractivity contribution in [1.82, 2.24) is 4.90 Å². The van der Waals surface area contributed by atoms with Gasteiger partial charge < -0.3 is 4.90 Å². The molecule has 0 saturated carbocycles. The molecule has 0 heterocycles. The van der Waals surface area contributed by atoms with Gasteiger partial charge in [-0.2, -0.15) is 0 Å². The van der Waals surface area contributed by atoms with Crippen LogP contribution in [0.25, 0.3) is 0 Å². The topological polar surface area (TPSA) is 66.5 Å². The number of sulfonamides is 1. The maximum absolute atomic E-state index is 12.6. The maximum Gasteiger partial charge on any atom is 0.261 e. The van der Waals surface area contributed by atoms with Gasteiger partial charge in [-0.1, -0.05) is 23.7 Å². The summed E-state index contributed by atoms with van der Waals surface area (Å²) in [6, 6.07) is 11.2. The van der Waals surface area contributed by atoms with Crippen LogP contribution in [0.3, 0.4) is 0 Å². The molecule has 0 bridgehead atoms. The maximum atomic E-state index is 12.6. The minimum Gasteiger partial charge on any atom is -0.339 e. The first-order valence-corrected chi connectivity index (χ1v) is 9.83. The number of anilines is 1. The van der Waals surface area contributed by atoms with E-state index in [9.17, 15) is 13.2 Å². The average Bonchev–Trinajstić information content (AvgIpc) is 2.55. The number of aryl methyl sites for hydroxylation is 1. The van der Waals surface area contributed by atoms with Gasteiger partial charge in [0.15, 0.2) is 0 Å². The van der Waals surface area contributed by atoms with Gasteiger partial charge in [-0.15, -0.1) is 0 Å². The Morgan fingerprint density at radius 1 is 1.12 bits per heavy atom. The molecule has 0 atom stereocenters. The summed E-state index contributed by atoms with van der Waals surface area (Å²) in [5.41, 5.74) is 1.58. The van der Waals surface area contributed by atoms with Gasteiger partial charge in [0, 0.05) is 18.8 Å². The number of amides is 1. The molecular weight excluding hydrogens is 360 g/mol. The molecule has 7 heteroatoms. The molecule has 5 nitrogen and oxygen atoms in total. The van der Waals surface area contributed by atoms with E-state index in [4.69, 9.17) is 11.6 Å². The van der Waals surface area contributed by atoms with Crippen molar-refractivity contribution >= 4 is 33.2 Å². The number of nitrogens with zero attached hydrogens (tertiary/aromatic N) is 1. The summed E-state index contributed by atoms with van der Waals surface area (Å²) >= 11 is 6.12. The van der Waals surface area contributed by atoms with E-state index in [0.717, 1.165) is 5.56 Å². The Kier molecular flexibility index (Phi) is 6.08. The van der Waals surface area contributed by atoms with E-state index in [1.54, 1.807) is 23.1 Å². The van der Waals surface area contributed by atoms with Crippen LogP contribution in [0.1, 0.15) is 29.8 Å². The van der Waals surface area contributed by atoms with Crippen LogP contribution in [0.4, 0.5) is 5.69 Å². The van der Waals surface area contributed by atoms with E-state index < -0.39 is 10.0 Å². The Balaban J connectivity index is 2.39. The second kappa shape index (κ2) is 7.89. The summed E-state index contributed by atoms with van der Waals surface area (Å²) in [5.74, 6) is -0.289. The summed E-state index contributed by atoms with van der Waals surface area (Å²) in [5, 5.41) is 0.228. The lowest BCUT2D eigenvalue weighted by atomic mass is 10.2. The molecule has 2 aromatic carbocycles. The van der Waals surface area contributed by atoms with E-state index in [-0.39, 0.29) is 21.4 Å². The van der Waals surface area contributed by atoms with Crippen LogP contribution >= 0.6 is 11.6 Å². The van der Waals surface area contributed by atoms with Crippen molar-refractivity contribution < 1.29 is 13.2 Å². The van der Waals surface area contributed by atoms with Crippen molar-refractivity contribution in [1.29, 1.82) is 0 Å². The van der Waals surface area contributed by atoms with Gasteiger partial charge in [-0.25, -0.2) is 8.42 Å². The van der Waals surface area contributed by atoms with E-state index in [1.807, 2.05) is 26.8 Å². The quantitative estimate of drug-likeness (QED) is 0.825. The van der Waals surface area contributed by atoms with Crippen molar-refractivity contribution in [3.05, 3.63) is 58.6 Å². The highest BCUT2D eigenvalue weighted by Gasteiger charge is 2.21. The van der Waals surface area contributed by atoms with E-state index in [2.05, 4.69) is 4.72 Å². The third kappa shape index (κ3) is 4.52. The van der Waals surface area contributed by atoms with Gasteiger partial charge >= 0.3 is 0 Å². The highest BCUT2D eigenvalue weighted by atomic mass is 35.5. The predicted molar refractivity (Wildman–Crippen MR) is 101 cm³/mol. The van der Waals surface area contributed by atoms with Gasteiger partial charge in [-0.3, -0.25) is 9.52 Å². The molecule has 0 radical (unpaired) electrons. The van der Waals surface area contributed by atoms with Crippen LogP contribution < -0.4 is 4.72 Å². The minimum absolute atomic E-state index is 0.00564. The number of carbonyl (C=O) groups excluding carboxylic acids is 1. The Morgan fingerprint density at radius 2 is 1.80 bits per heavy atom. The summed E-state index contributed by atoms with van der Waals surface area (Å²) in [6.07, 6.45) is 0. The number of benzene rings is 2. The molecule has 2 rings (SSSR count). The second-order valence-electron chi connectivity index (χ2n) is 5.59. The van der Waals surface area contributed by atoms with E-state index in [0.29, 0.717) is 18.8 Å². The highest BCUT2D eigenvalue weighted by molar-refractivity contribution is 7.92. The molecule has 2 aromatic rings. The molecule has 1 amide bonds.